The number of benzene rings is 3. The third-order valence-corrected chi connectivity index (χ3v) is 7.11. The molecule has 0 amide bonds. The lowest BCUT2D eigenvalue weighted by molar-refractivity contribution is -0.111. The number of nitrogens with zero attached hydrogens (tertiary/aromatic N) is 4. The molecule has 3 aromatic carbocycles. The van der Waals surface area contributed by atoms with Crippen LogP contribution in [-0.2, 0) is 17.6 Å². The molecule has 3 N–H and O–H groups in total. The van der Waals surface area contributed by atoms with Gasteiger partial charge in [-0.1, -0.05) is 30.3 Å². The minimum Gasteiger partial charge on any atom is -0.323 e. The quantitative estimate of drug-likeness (QED) is 0.0678. The zero-order valence-electron chi connectivity index (χ0n) is 21.7. The highest BCUT2D eigenvalue weighted by molar-refractivity contribution is 8.08. The minimum absolute atomic E-state index is 0.204. The summed E-state index contributed by atoms with van der Waals surface area (Å²) in [6.07, 6.45) is 4.08. The largest absolute Gasteiger partial charge is 0.323 e. The molecule has 0 bridgehead atoms. The maximum Gasteiger partial charge on any atom is 0.265 e. The Morgan fingerprint density at radius 3 is 2.52 bits per heavy atom. The van der Waals surface area contributed by atoms with Gasteiger partial charge in [0.05, 0.1) is 28.6 Å². The van der Waals surface area contributed by atoms with Gasteiger partial charge in [-0.05, 0) is 66.5 Å². The van der Waals surface area contributed by atoms with Crippen LogP contribution in [0.25, 0.3) is 16.6 Å². The number of aryl methyl sites for hydroxylation is 1. The summed E-state index contributed by atoms with van der Waals surface area (Å²) in [7, 11) is 2.62. The zero-order chi connectivity index (χ0) is 28.5. The van der Waals surface area contributed by atoms with Gasteiger partial charge in [0.25, 0.3) is 5.56 Å². The van der Waals surface area contributed by atoms with Crippen molar-refractivity contribution in [2.75, 3.05) is 6.54 Å². The molecule has 0 spiro atoms. The lowest BCUT2D eigenvalue weighted by Crippen LogP contribution is -2.24. The second-order valence-electron chi connectivity index (χ2n) is 9.09. The van der Waals surface area contributed by atoms with E-state index in [9.17, 15) is 14.0 Å². The number of halogens is 1. The molecule has 0 aliphatic carbocycles. The topological polar surface area (TPSA) is 123 Å². The fraction of sp³-hybridized carbons (Fsp3) is 0.207. The molecule has 0 fully saturated rings. The second-order valence-corrected chi connectivity index (χ2v) is 10.4. The fourth-order valence-corrected chi connectivity index (χ4v) is 4.65. The summed E-state index contributed by atoms with van der Waals surface area (Å²) >= 11 is 0.232. The Morgan fingerprint density at radius 2 is 1.82 bits per heavy atom. The Balaban J connectivity index is 1.62. The normalized spacial score (nSPS) is 11.9. The molecular weight excluding hydrogens is 548 g/mol. The number of hydrogen-bond acceptors (Lipinski definition) is 8. The molecule has 40 heavy (non-hydrogen) atoms. The van der Waals surface area contributed by atoms with E-state index in [1.54, 1.807) is 41.1 Å². The van der Waals surface area contributed by atoms with Crippen LogP contribution in [0.15, 0.2) is 81.6 Å². The van der Waals surface area contributed by atoms with Gasteiger partial charge < -0.3 is 10.4 Å². The van der Waals surface area contributed by atoms with Crippen molar-refractivity contribution < 1.29 is 13.7 Å². The maximum atomic E-state index is 13.7. The monoisotopic (exact) mass is 577 g/mol. The van der Waals surface area contributed by atoms with Gasteiger partial charge in [0.15, 0.2) is 0 Å². The van der Waals surface area contributed by atoms with Crippen molar-refractivity contribution in [3.05, 3.63) is 99.9 Å². The van der Waals surface area contributed by atoms with Gasteiger partial charge in [-0.15, -0.1) is 9.24 Å². The van der Waals surface area contributed by atoms with Crippen LogP contribution in [-0.4, -0.2) is 37.7 Å². The third-order valence-electron chi connectivity index (χ3n) is 6.31. The second kappa shape index (κ2) is 14.1. The smallest absolute Gasteiger partial charge is 0.265 e. The predicted octanol–water partition coefficient (Wildman–Crippen LogP) is 4.45. The molecule has 1 heterocycles. The van der Waals surface area contributed by atoms with Crippen LogP contribution in [0.1, 0.15) is 36.2 Å². The lowest BCUT2D eigenvalue weighted by atomic mass is 10.1. The summed E-state index contributed by atoms with van der Waals surface area (Å²) in [6.45, 7) is 0.470. The number of aliphatic imine (C=N–C) groups is 1. The van der Waals surface area contributed by atoms with Gasteiger partial charge in [-0.2, -0.15) is 5.10 Å². The SMILES string of the molecule is NN=C(C=NCCc1ccc(F)cc1)c1ccc2c(=O)n(-c3ccc(P)cc3)c(CCCCC(=O)SO)nc2c1. The minimum atomic E-state index is -0.294. The van der Waals surface area contributed by atoms with E-state index < -0.39 is 0 Å². The standard InChI is InChI=1S/C29H29FN5O3PS/c30-21-8-5-19(6-9-21)15-16-32-18-26(34-31)20-7-14-24-25(17-20)33-27(3-1-2-4-28(36)40-38)35(29(24)37)22-10-12-23(39)13-11-22/h5-14,17-18,38H,1-4,15-16,31,39H2. The number of carbonyl (C=O) groups is 1. The van der Waals surface area contributed by atoms with Crippen LogP contribution in [0.3, 0.4) is 0 Å². The van der Waals surface area contributed by atoms with Crippen LogP contribution in [0, 0.1) is 5.82 Å². The number of nitrogens with two attached hydrogens (primary N) is 1. The van der Waals surface area contributed by atoms with Crippen molar-refractivity contribution in [3.63, 3.8) is 0 Å². The molecule has 206 valence electrons. The van der Waals surface area contributed by atoms with E-state index in [-0.39, 0.29) is 35.0 Å². The van der Waals surface area contributed by atoms with E-state index >= 15 is 0 Å². The van der Waals surface area contributed by atoms with Crippen LogP contribution in [0.2, 0.25) is 0 Å². The fourth-order valence-electron chi connectivity index (χ4n) is 4.22. The molecule has 0 aliphatic rings. The number of aromatic nitrogens is 2. The zero-order valence-corrected chi connectivity index (χ0v) is 23.6. The van der Waals surface area contributed by atoms with E-state index in [1.165, 1.54) is 12.1 Å². The average Bonchev–Trinajstić information content (AvgIpc) is 2.96. The highest BCUT2D eigenvalue weighted by atomic mass is 32.2. The van der Waals surface area contributed by atoms with Crippen molar-refractivity contribution in [3.8, 4) is 5.69 Å². The molecule has 1 unspecified atom stereocenters. The summed E-state index contributed by atoms with van der Waals surface area (Å²) in [4.78, 5) is 34.4. The number of fused-ring (bicyclic) bond motifs is 1. The Kier molecular flexibility index (Phi) is 10.3. The van der Waals surface area contributed by atoms with Gasteiger partial charge in [-0.3, -0.25) is 19.1 Å². The maximum absolute atomic E-state index is 13.7. The van der Waals surface area contributed by atoms with Crippen molar-refractivity contribution in [1.29, 1.82) is 0 Å². The number of unbranched alkanes of at least 4 members (excludes halogenated alkanes) is 1. The molecular formula is C29H29FN5O3PS. The van der Waals surface area contributed by atoms with Crippen molar-refractivity contribution >= 4 is 54.5 Å². The Labute approximate surface area is 237 Å². The van der Waals surface area contributed by atoms with E-state index in [1.807, 2.05) is 24.3 Å². The first-order valence-corrected chi connectivity index (χ1v) is 14.0. The Hall–Kier alpha value is -3.72. The average molecular weight is 578 g/mol. The highest BCUT2D eigenvalue weighted by Gasteiger charge is 2.15. The van der Waals surface area contributed by atoms with Gasteiger partial charge in [0.2, 0.25) is 5.12 Å². The summed E-state index contributed by atoms with van der Waals surface area (Å²) in [5.74, 6) is 5.95. The van der Waals surface area contributed by atoms with Crippen molar-refractivity contribution in [2.24, 2.45) is 15.9 Å². The summed E-state index contributed by atoms with van der Waals surface area (Å²) in [5.41, 5.74) is 3.06. The molecule has 0 radical (unpaired) electrons. The third kappa shape index (κ3) is 7.47. The van der Waals surface area contributed by atoms with Crippen molar-refractivity contribution in [2.45, 2.75) is 32.1 Å². The van der Waals surface area contributed by atoms with Gasteiger partial charge in [0.1, 0.15) is 17.4 Å². The van der Waals surface area contributed by atoms with Crippen LogP contribution in [0.5, 0.6) is 0 Å². The summed E-state index contributed by atoms with van der Waals surface area (Å²) < 4.78 is 23.6. The van der Waals surface area contributed by atoms with E-state index in [0.29, 0.717) is 65.9 Å². The van der Waals surface area contributed by atoms with Crippen LogP contribution < -0.4 is 16.7 Å². The van der Waals surface area contributed by atoms with Gasteiger partial charge in [0, 0.05) is 31.2 Å². The van der Waals surface area contributed by atoms with Gasteiger partial charge >= 0.3 is 0 Å². The number of hydrogen-bond donors (Lipinski definition) is 2. The first kappa shape index (κ1) is 29.3. The highest BCUT2D eigenvalue weighted by Crippen LogP contribution is 2.18. The molecule has 4 aromatic rings. The van der Waals surface area contributed by atoms with Crippen LogP contribution in [0.4, 0.5) is 4.39 Å². The first-order chi connectivity index (χ1) is 19.4. The predicted molar refractivity (Wildman–Crippen MR) is 164 cm³/mol. The molecule has 8 nitrogen and oxygen atoms in total. The van der Waals surface area contributed by atoms with Crippen LogP contribution >= 0.6 is 21.3 Å². The molecule has 0 saturated carbocycles. The van der Waals surface area contributed by atoms with E-state index in [0.717, 1.165) is 10.9 Å². The molecule has 1 atom stereocenters. The molecule has 0 saturated heterocycles. The Morgan fingerprint density at radius 1 is 1.07 bits per heavy atom. The Bertz CT molecular complexity index is 1610. The number of carbonyl (C=O) groups excluding carboxylic acids is 1. The summed E-state index contributed by atoms with van der Waals surface area (Å²) in [6, 6.07) is 19.0. The number of hydrazone groups is 1. The molecule has 1 aromatic heterocycles. The van der Waals surface area contributed by atoms with Crippen molar-refractivity contribution in [1.82, 2.24) is 9.55 Å². The van der Waals surface area contributed by atoms with E-state index in [4.69, 9.17) is 15.4 Å². The van der Waals surface area contributed by atoms with Gasteiger partial charge in [-0.25, -0.2) is 9.37 Å². The number of rotatable bonds is 11. The first-order valence-electron chi connectivity index (χ1n) is 12.7. The lowest BCUT2D eigenvalue weighted by Gasteiger charge is -2.14. The summed E-state index contributed by atoms with van der Waals surface area (Å²) in [5, 5.41) is 5.01. The molecule has 11 heteroatoms. The molecule has 0 aliphatic heterocycles. The molecule has 4 rings (SSSR count). The van der Waals surface area contributed by atoms with E-state index in [2.05, 4.69) is 19.3 Å².